The predicted molar refractivity (Wildman–Crippen MR) is 102 cm³/mol. The third-order valence-corrected chi connectivity index (χ3v) is 4.30. The van der Waals surface area contributed by atoms with Crippen LogP contribution in [0.1, 0.15) is 15.9 Å². The third kappa shape index (κ3) is 3.37. The van der Waals surface area contributed by atoms with Crippen molar-refractivity contribution in [2.24, 2.45) is 0 Å². The second kappa shape index (κ2) is 6.92. The maximum Gasteiger partial charge on any atom is 0.349 e. The summed E-state index contributed by atoms with van der Waals surface area (Å²) in [5, 5.41) is 5.04. The Labute approximate surface area is 155 Å². The van der Waals surface area contributed by atoms with Crippen molar-refractivity contribution in [1.29, 1.82) is 0 Å². The topological polar surface area (TPSA) is 68.3 Å². The average Bonchev–Trinajstić information content (AvgIpc) is 3.16. The summed E-state index contributed by atoms with van der Waals surface area (Å²) in [7, 11) is 1.65. The number of benzene rings is 2. The lowest BCUT2D eigenvalue weighted by Crippen LogP contribution is -2.30. The Morgan fingerprint density at radius 3 is 2.67 bits per heavy atom. The van der Waals surface area contributed by atoms with Gasteiger partial charge in [0.15, 0.2) is 0 Å². The lowest BCUT2D eigenvalue weighted by Gasteiger charge is -2.15. The molecule has 6 nitrogen and oxygen atoms in total. The van der Waals surface area contributed by atoms with Gasteiger partial charge in [-0.05, 0) is 24.3 Å². The molecule has 0 fully saturated rings. The van der Waals surface area contributed by atoms with Crippen molar-refractivity contribution in [2.75, 3.05) is 7.05 Å². The highest BCUT2D eigenvalue weighted by molar-refractivity contribution is 5.96. The average molecular weight is 359 g/mol. The minimum atomic E-state index is -0.634. The van der Waals surface area contributed by atoms with Gasteiger partial charge in [0.1, 0.15) is 11.1 Å². The Kier molecular flexibility index (Phi) is 4.30. The molecule has 4 aromatic rings. The predicted octanol–water partition coefficient (Wildman–Crippen LogP) is 3.25. The molecule has 2 heterocycles. The summed E-state index contributed by atoms with van der Waals surface area (Å²) in [6, 6.07) is 18.4. The van der Waals surface area contributed by atoms with Crippen LogP contribution in [0, 0.1) is 0 Å². The Balaban J connectivity index is 1.56. The molecule has 0 unspecified atom stereocenters. The van der Waals surface area contributed by atoms with Crippen molar-refractivity contribution in [3.63, 3.8) is 0 Å². The molecule has 0 aliphatic heterocycles. The second-order valence-corrected chi connectivity index (χ2v) is 6.28. The van der Waals surface area contributed by atoms with Crippen LogP contribution in [0.4, 0.5) is 0 Å². The molecule has 0 aliphatic carbocycles. The van der Waals surface area contributed by atoms with E-state index in [1.807, 2.05) is 42.6 Å². The van der Waals surface area contributed by atoms with Gasteiger partial charge in [-0.2, -0.15) is 5.10 Å². The van der Waals surface area contributed by atoms with E-state index in [1.165, 1.54) is 4.90 Å². The zero-order valence-electron chi connectivity index (χ0n) is 14.7. The summed E-state index contributed by atoms with van der Waals surface area (Å²) in [5.41, 5.74) is 1.65. The number of hydrogen-bond acceptors (Lipinski definition) is 4. The molecule has 0 spiro atoms. The van der Waals surface area contributed by atoms with Crippen molar-refractivity contribution in [2.45, 2.75) is 6.54 Å². The van der Waals surface area contributed by atoms with Crippen molar-refractivity contribution in [3.05, 3.63) is 94.6 Å². The summed E-state index contributed by atoms with van der Waals surface area (Å²) < 4.78 is 7.00. The Hall–Kier alpha value is -3.67. The largest absolute Gasteiger partial charge is 0.422 e. The van der Waals surface area contributed by atoms with Crippen LogP contribution >= 0.6 is 0 Å². The van der Waals surface area contributed by atoms with Crippen molar-refractivity contribution in [3.8, 4) is 5.69 Å². The molecular weight excluding hydrogens is 342 g/mol. The molecule has 2 aromatic carbocycles. The molecule has 0 saturated carbocycles. The lowest BCUT2D eigenvalue weighted by molar-refractivity contribution is 0.0781. The number of aromatic nitrogens is 2. The number of nitrogens with zero attached hydrogens (tertiary/aromatic N) is 3. The number of hydrogen-bond donors (Lipinski definition) is 0. The highest BCUT2D eigenvalue weighted by Crippen LogP contribution is 2.15. The molecule has 4 rings (SSSR count). The summed E-state index contributed by atoms with van der Waals surface area (Å²) in [6.07, 6.45) is 3.57. The molecule has 1 amide bonds. The summed E-state index contributed by atoms with van der Waals surface area (Å²) >= 11 is 0. The standard InChI is InChI=1S/C21H17N3O3/c1-23(13-15-12-22-24(14-15)17-8-3-2-4-9-17)20(25)18-11-16-7-5-6-10-19(16)27-21(18)26/h2-12,14H,13H2,1H3. The van der Waals surface area contributed by atoms with Crippen molar-refractivity contribution >= 4 is 16.9 Å². The van der Waals surface area contributed by atoms with Gasteiger partial charge in [-0.3, -0.25) is 4.79 Å². The molecular formula is C21H17N3O3. The van der Waals surface area contributed by atoms with E-state index in [1.54, 1.807) is 42.2 Å². The van der Waals surface area contributed by atoms with Crippen LogP contribution in [0.2, 0.25) is 0 Å². The van der Waals surface area contributed by atoms with E-state index in [4.69, 9.17) is 4.42 Å². The Morgan fingerprint density at radius 2 is 1.85 bits per heavy atom. The fourth-order valence-electron chi connectivity index (χ4n) is 2.93. The van der Waals surface area contributed by atoms with Gasteiger partial charge in [-0.15, -0.1) is 0 Å². The quantitative estimate of drug-likeness (QED) is 0.525. The third-order valence-electron chi connectivity index (χ3n) is 4.30. The van der Waals surface area contributed by atoms with Gasteiger partial charge >= 0.3 is 5.63 Å². The minimum Gasteiger partial charge on any atom is -0.422 e. The van der Waals surface area contributed by atoms with Crippen molar-refractivity contribution in [1.82, 2.24) is 14.7 Å². The monoisotopic (exact) mass is 359 g/mol. The summed E-state index contributed by atoms with van der Waals surface area (Å²) in [4.78, 5) is 26.4. The summed E-state index contributed by atoms with van der Waals surface area (Å²) in [6.45, 7) is 0.331. The molecule has 2 aromatic heterocycles. The SMILES string of the molecule is CN(Cc1cnn(-c2ccccc2)c1)C(=O)c1cc2ccccc2oc1=O. The van der Waals surface area contributed by atoms with Gasteiger partial charge in [0.25, 0.3) is 5.91 Å². The van der Waals surface area contributed by atoms with E-state index >= 15 is 0 Å². The van der Waals surface area contributed by atoms with Crippen LogP contribution in [0.5, 0.6) is 0 Å². The van der Waals surface area contributed by atoms with Gasteiger partial charge in [0, 0.05) is 30.7 Å². The van der Waals surface area contributed by atoms with Gasteiger partial charge in [-0.1, -0.05) is 36.4 Å². The first-order chi connectivity index (χ1) is 13.1. The highest BCUT2D eigenvalue weighted by Gasteiger charge is 2.18. The van der Waals surface area contributed by atoms with Gasteiger partial charge in [0.2, 0.25) is 0 Å². The number of rotatable bonds is 4. The Bertz CT molecular complexity index is 1160. The number of carbonyl (C=O) groups excluding carboxylic acids is 1. The molecule has 0 bridgehead atoms. The van der Waals surface area contributed by atoms with Crippen LogP contribution in [-0.4, -0.2) is 27.6 Å². The van der Waals surface area contributed by atoms with Crippen LogP contribution in [0.15, 0.2) is 82.3 Å². The second-order valence-electron chi connectivity index (χ2n) is 6.28. The van der Waals surface area contributed by atoms with Crippen LogP contribution in [0.25, 0.3) is 16.7 Å². The molecule has 6 heteroatoms. The van der Waals surface area contributed by atoms with Gasteiger partial charge in [-0.25, -0.2) is 9.48 Å². The molecule has 0 atom stereocenters. The van der Waals surface area contributed by atoms with Gasteiger partial charge < -0.3 is 9.32 Å². The van der Waals surface area contributed by atoms with E-state index in [-0.39, 0.29) is 11.5 Å². The molecule has 0 N–H and O–H groups in total. The number of carbonyl (C=O) groups is 1. The zero-order chi connectivity index (χ0) is 18.8. The maximum atomic E-state index is 12.7. The van der Waals surface area contributed by atoms with E-state index in [0.29, 0.717) is 17.5 Å². The van der Waals surface area contributed by atoms with Crippen LogP contribution in [0.3, 0.4) is 0 Å². The van der Waals surface area contributed by atoms with E-state index in [0.717, 1.165) is 11.3 Å². The first-order valence-electron chi connectivity index (χ1n) is 8.49. The highest BCUT2D eigenvalue weighted by atomic mass is 16.4. The number of para-hydroxylation sites is 2. The first-order valence-corrected chi connectivity index (χ1v) is 8.49. The van der Waals surface area contributed by atoms with E-state index in [2.05, 4.69) is 5.10 Å². The maximum absolute atomic E-state index is 12.7. The molecule has 0 radical (unpaired) electrons. The van der Waals surface area contributed by atoms with Crippen LogP contribution < -0.4 is 5.63 Å². The normalized spacial score (nSPS) is 10.9. The fourth-order valence-corrected chi connectivity index (χ4v) is 2.93. The summed E-state index contributed by atoms with van der Waals surface area (Å²) in [5.74, 6) is -0.387. The van der Waals surface area contributed by atoms with Crippen LogP contribution in [-0.2, 0) is 6.54 Å². The minimum absolute atomic E-state index is 0.0200. The van der Waals surface area contributed by atoms with Gasteiger partial charge in [0.05, 0.1) is 11.9 Å². The molecule has 0 aliphatic rings. The smallest absolute Gasteiger partial charge is 0.349 e. The zero-order valence-corrected chi connectivity index (χ0v) is 14.7. The molecule has 134 valence electrons. The van der Waals surface area contributed by atoms with E-state index < -0.39 is 5.63 Å². The van der Waals surface area contributed by atoms with Crippen molar-refractivity contribution < 1.29 is 9.21 Å². The first kappa shape index (κ1) is 16.8. The number of fused-ring (bicyclic) bond motifs is 1. The van der Waals surface area contributed by atoms with E-state index in [9.17, 15) is 9.59 Å². The molecule has 0 saturated heterocycles. The Morgan fingerprint density at radius 1 is 1.11 bits per heavy atom. The number of amides is 1. The molecule has 27 heavy (non-hydrogen) atoms. The fraction of sp³-hybridized carbons (Fsp3) is 0.0952. The lowest BCUT2D eigenvalue weighted by atomic mass is 10.1.